The van der Waals surface area contributed by atoms with Crippen LogP contribution in [-0.2, 0) is 31.2 Å². The Kier molecular flexibility index (Phi) is 10.3. The third-order valence-corrected chi connectivity index (χ3v) is 12.9. The maximum absolute atomic E-state index is 14.5. The van der Waals surface area contributed by atoms with Crippen molar-refractivity contribution in [3.63, 3.8) is 0 Å². The molecule has 7 N–H and O–H groups in total. The molecule has 2 aromatic carbocycles. The van der Waals surface area contributed by atoms with E-state index in [9.17, 15) is 39.9 Å². The number of nitrogens with one attached hydrogen (secondary N) is 1. The summed E-state index contributed by atoms with van der Waals surface area (Å²) < 4.78 is 13.6. The average Bonchev–Trinajstić information content (AvgIpc) is 3.75. The Hall–Kier alpha value is -3.84. The summed E-state index contributed by atoms with van der Waals surface area (Å²) in [6.45, 7) is 9.73. The smallest absolute Gasteiger partial charge is 0.264 e. The predicted molar refractivity (Wildman–Crippen MR) is 186 cm³/mol. The van der Waals surface area contributed by atoms with Gasteiger partial charge in [0.15, 0.2) is 26.3 Å². The molecule has 0 bridgehead atoms. The monoisotopic (exact) mass is 723 g/mol. The SMILES string of the molecule is C=CCN1C(=O)[C@]2(O[C@H](CCn3cc(C(CO)c4ccccc4)nn3)[C@@H]([Si](C)(C)O)[C@@H]2C)c2cc(NC(=O)[C@H]3O[C@@H](O)[C@H](O)[C@@H](O)[C@@H]3O)ccc21. The van der Waals surface area contributed by atoms with E-state index in [0.717, 1.165) is 5.56 Å². The number of benzene rings is 2. The van der Waals surface area contributed by atoms with Crippen LogP contribution in [0.2, 0.25) is 18.6 Å². The standard InChI is InChI=1S/C35H45N5O10Si/c1-5-14-40-25-12-11-21(36-32(45)30-28(43)27(42)29(44)33(46)49-30)16-23(25)35(34(40)47)19(2)31(51(3,4)48)26(50-35)13-15-39-17-24(37-38-39)22(18-41)20-9-7-6-8-10-20/h5-12,16-17,19,22,26-31,33,41-44,46,48H,1,13-15,18H2,2-4H3,(H,36,45)/t19-,22?,26+,27-,28-,29+,30-,31-,33+,35+/m0/s1. The van der Waals surface area contributed by atoms with Crippen LogP contribution in [-0.4, -0.2) is 115 Å². The number of aliphatic hydroxyl groups excluding tert-OH is 5. The molecule has 274 valence electrons. The predicted octanol–water partition coefficient (Wildman–Crippen LogP) is 0.561. The first kappa shape index (κ1) is 36.9. The number of rotatable bonds is 11. The number of aliphatic hydroxyl groups is 5. The largest absolute Gasteiger partial charge is 0.432 e. The third-order valence-electron chi connectivity index (χ3n) is 10.4. The van der Waals surface area contributed by atoms with Crippen LogP contribution in [0, 0.1) is 5.92 Å². The highest BCUT2D eigenvalue weighted by Gasteiger charge is 2.66. The van der Waals surface area contributed by atoms with Gasteiger partial charge in [0.2, 0.25) is 0 Å². The second kappa shape index (κ2) is 14.3. The first-order chi connectivity index (χ1) is 24.2. The van der Waals surface area contributed by atoms with E-state index in [4.69, 9.17) is 9.47 Å². The lowest BCUT2D eigenvalue weighted by Crippen LogP contribution is -2.60. The second-order valence-corrected chi connectivity index (χ2v) is 18.0. The second-order valence-electron chi connectivity index (χ2n) is 14.0. The van der Waals surface area contributed by atoms with Crippen molar-refractivity contribution in [2.75, 3.05) is 23.4 Å². The fourth-order valence-corrected chi connectivity index (χ4v) is 10.5. The van der Waals surface area contributed by atoms with E-state index >= 15 is 0 Å². The molecule has 2 amide bonds. The Morgan fingerprint density at radius 2 is 1.84 bits per heavy atom. The van der Waals surface area contributed by atoms with Gasteiger partial charge in [-0.15, -0.1) is 11.7 Å². The van der Waals surface area contributed by atoms with E-state index in [1.807, 2.05) is 50.3 Å². The van der Waals surface area contributed by atoms with Gasteiger partial charge >= 0.3 is 0 Å². The van der Waals surface area contributed by atoms with E-state index in [0.29, 0.717) is 29.9 Å². The van der Waals surface area contributed by atoms with Crippen molar-refractivity contribution in [3.8, 4) is 0 Å². The number of aromatic nitrogens is 3. The molecule has 0 radical (unpaired) electrons. The summed E-state index contributed by atoms with van der Waals surface area (Å²) in [6.07, 6.45) is -5.85. The molecule has 3 aromatic rings. The lowest BCUT2D eigenvalue weighted by atomic mass is 9.82. The summed E-state index contributed by atoms with van der Waals surface area (Å²) in [6, 6.07) is 14.4. The number of anilines is 2. The van der Waals surface area contributed by atoms with Gasteiger partial charge in [-0.3, -0.25) is 14.3 Å². The summed E-state index contributed by atoms with van der Waals surface area (Å²) in [5, 5.41) is 61.6. The minimum atomic E-state index is -3.00. The Morgan fingerprint density at radius 3 is 2.51 bits per heavy atom. The number of carbonyl (C=O) groups is 2. The molecule has 6 rings (SSSR count). The molecule has 10 atom stereocenters. The van der Waals surface area contributed by atoms with E-state index in [-0.39, 0.29) is 30.7 Å². The van der Waals surface area contributed by atoms with Gasteiger partial charge < -0.3 is 50.0 Å². The molecule has 1 aromatic heterocycles. The number of hydrogen-bond donors (Lipinski definition) is 7. The first-order valence-electron chi connectivity index (χ1n) is 16.9. The van der Waals surface area contributed by atoms with E-state index in [1.54, 1.807) is 40.1 Å². The maximum atomic E-state index is 14.5. The lowest BCUT2D eigenvalue weighted by Gasteiger charge is -2.37. The van der Waals surface area contributed by atoms with Gasteiger partial charge in [-0.2, -0.15) is 0 Å². The van der Waals surface area contributed by atoms with Crippen LogP contribution in [0.1, 0.15) is 36.1 Å². The van der Waals surface area contributed by atoms with Gasteiger partial charge in [0.1, 0.15) is 18.3 Å². The molecule has 2 fully saturated rings. The molecule has 3 aliphatic heterocycles. The topological polar surface area (TPSA) is 220 Å². The zero-order valence-corrected chi connectivity index (χ0v) is 29.6. The maximum Gasteiger partial charge on any atom is 0.264 e. The Balaban J connectivity index is 1.29. The summed E-state index contributed by atoms with van der Waals surface area (Å²) in [5.41, 5.74) is 0.833. The molecule has 2 saturated heterocycles. The lowest BCUT2D eigenvalue weighted by molar-refractivity contribution is -0.274. The van der Waals surface area contributed by atoms with Crippen molar-refractivity contribution in [2.45, 2.75) is 86.9 Å². The Morgan fingerprint density at radius 1 is 1.12 bits per heavy atom. The minimum absolute atomic E-state index is 0.146. The molecule has 1 unspecified atom stereocenters. The third kappa shape index (κ3) is 6.56. The Bertz CT molecular complexity index is 1750. The van der Waals surface area contributed by atoms with Crippen LogP contribution in [0.4, 0.5) is 11.4 Å². The molecule has 1 spiro atoms. The van der Waals surface area contributed by atoms with Crippen molar-refractivity contribution in [1.82, 2.24) is 15.0 Å². The number of ether oxygens (including phenoxy) is 2. The number of amides is 2. The highest BCUT2D eigenvalue weighted by atomic mass is 28.4. The van der Waals surface area contributed by atoms with Crippen molar-refractivity contribution in [2.24, 2.45) is 5.92 Å². The van der Waals surface area contributed by atoms with Crippen molar-refractivity contribution in [3.05, 3.63) is 84.2 Å². The highest BCUT2D eigenvalue weighted by molar-refractivity contribution is 6.71. The van der Waals surface area contributed by atoms with Gasteiger partial charge in [0.05, 0.1) is 30.0 Å². The molecule has 51 heavy (non-hydrogen) atoms. The van der Waals surface area contributed by atoms with Crippen molar-refractivity contribution in [1.29, 1.82) is 0 Å². The number of fused-ring (bicyclic) bond motifs is 2. The quantitative estimate of drug-likeness (QED) is 0.107. The van der Waals surface area contributed by atoms with Crippen LogP contribution in [0.5, 0.6) is 0 Å². The number of aryl methyl sites for hydroxylation is 1. The molecule has 15 nitrogen and oxygen atoms in total. The van der Waals surface area contributed by atoms with Crippen molar-refractivity contribution < 1.29 is 49.4 Å². The van der Waals surface area contributed by atoms with Crippen LogP contribution >= 0.6 is 0 Å². The summed E-state index contributed by atoms with van der Waals surface area (Å²) >= 11 is 0. The van der Waals surface area contributed by atoms with Crippen LogP contribution in [0.25, 0.3) is 0 Å². The Labute approximate surface area is 295 Å². The molecule has 16 heteroatoms. The van der Waals surface area contributed by atoms with Gasteiger partial charge in [-0.1, -0.05) is 48.5 Å². The minimum Gasteiger partial charge on any atom is -0.432 e. The van der Waals surface area contributed by atoms with E-state index in [2.05, 4.69) is 22.2 Å². The molecule has 4 heterocycles. The average molecular weight is 724 g/mol. The van der Waals surface area contributed by atoms with Gasteiger partial charge in [-0.25, -0.2) is 0 Å². The van der Waals surface area contributed by atoms with Crippen LogP contribution in [0.15, 0.2) is 67.4 Å². The van der Waals surface area contributed by atoms with E-state index < -0.39 is 68.1 Å². The molecule has 3 aliphatic rings. The number of carbonyl (C=O) groups excluding carboxylic acids is 2. The first-order valence-corrected chi connectivity index (χ1v) is 20.0. The molecule has 0 aliphatic carbocycles. The zero-order valence-electron chi connectivity index (χ0n) is 28.6. The molecular formula is C35H45N5O10Si. The summed E-state index contributed by atoms with van der Waals surface area (Å²) in [4.78, 5) is 40.9. The number of nitrogens with zero attached hydrogens (tertiary/aromatic N) is 4. The molecular weight excluding hydrogens is 678 g/mol. The van der Waals surface area contributed by atoms with Crippen molar-refractivity contribution >= 4 is 31.5 Å². The van der Waals surface area contributed by atoms with Gasteiger partial charge in [0.25, 0.3) is 11.8 Å². The fourth-order valence-electron chi connectivity index (χ4n) is 7.92. The van der Waals surface area contributed by atoms with Gasteiger partial charge in [-0.05, 0) is 43.3 Å². The highest BCUT2D eigenvalue weighted by Crippen LogP contribution is 2.60. The van der Waals surface area contributed by atoms with E-state index in [1.165, 1.54) is 0 Å². The summed E-state index contributed by atoms with van der Waals surface area (Å²) in [5.74, 6) is -2.08. The number of hydrogen-bond acceptors (Lipinski definition) is 12. The van der Waals surface area contributed by atoms with Crippen LogP contribution in [0.3, 0.4) is 0 Å². The summed E-state index contributed by atoms with van der Waals surface area (Å²) in [7, 11) is -3.00. The normalized spacial score (nSPS) is 31.2. The fraction of sp³-hybridized carbons (Fsp3) is 0.486. The van der Waals surface area contributed by atoms with Crippen LogP contribution < -0.4 is 10.2 Å². The van der Waals surface area contributed by atoms with Gasteiger partial charge in [0, 0.05) is 42.0 Å². The zero-order chi connectivity index (χ0) is 36.8. The molecule has 0 saturated carbocycles.